The summed E-state index contributed by atoms with van der Waals surface area (Å²) in [5.41, 5.74) is 0.614. The normalized spacial score (nSPS) is 16.0. The van der Waals surface area contributed by atoms with Gasteiger partial charge in [0.1, 0.15) is 0 Å². The molecule has 0 atom stereocenters. The summed E-state index contributed by atoms with van der Waals surface area (Å²) in [7, 11) is 1.71. The third kappa shape index (κ3) is 3.80. The molecule has 0 aliphatic carbocycles. The molecule has 0 spiro atoms. The summed E-state index contributed by atoms with van der Waals surface area (Å²) < 4.78 is 1.54. The van der Waals surface area contributed by atoms with Crippen molar-refractivity contribution < 1.29 is 4.79 Å². The van der Waals surface area contributed by atoms with Crippen LogP contribution in [0.1, 0.15) is 32.1 Å². The van der Waals surface area contributed by atoms with Crippen LogP contribution in [0.2, 0.25) is 0 Å². The minimum absolute atomic E-state index is 0.0678. The molecule has 24 heavy (non-hydrogen) atoms. The number of thioether (sulfide) groups is 1. The Hall–Kier alpha value is -1.82. The van der Waals surface area contributed by atoms with Gasteiger partial charge in [-0.15, -0.1) is 0 Å². The summed E-state index contributed by atoms with van der Waals surface area (Å²) in [5.74, 6) is 0.475. The van der Waals surface area contributed by atoms with E-state index in [1.807, 2.05) is 23.1 Å². The number of nitrogens with zero attached hydrogens (tertiary/aromatic N) is 3. The van der Waals surface area contributed by atoms with E-state index in [4.69, 9.17) is 0 Å². The maximum Gasteiger partial charge on any atom is 0.261 e. The molecule has 5 nitrogen and oxygen atoms in total. The SMILES string of the molecule is Cn1c(SCC(=O)N2CCCCCCC2)nc2ccccc2c1=O. The number of rotatable bonds is 3. The summed E-state index contributed by atoms with van der Waals surface area (Å²) in [4.78, 5) is 31.4. The average Bonchev–Trinajstić information content (AvgIpc) is 2.56. The minimum Gasteiger partial charge on any atom is -0.342 e. The number of benzene rings is 1. The van der Waals surface area contributed by atoms with Gasteiger partial charge in [0.2, 0.25) is 5.91 Å². The van der Waals surface area contributed by atoms with Gasteiger partial charge in [0.05, 0.1) is 16.7 Å². The lowest BCUT2D eigenvalue weighted by atomic mass is 10.1. The standard InChI is InChI=1S/C18H23N3O2S/c1-20-17(23)14-9-5-6-10-15(14)19-18(20)24-13-16(22)21-11-7-3-2-4-8-12-21/h5-6,9-10H,2-4,7-8,11-13H2,1H3. The van der Waals surface area contributed by atoms with Crippen LogP contribution in [-0.2, 0) is 11.8 Å². The molecule has 0 N–H and O–H groups in total. The number of hydrogen-bond acceptors (Lipinski definition) is 4. The van der Waals surface area contributed by atoms with Gasteiger partial charge in [-0.05, 0) is 25.0 Å². The topological polar surface area (TPSA) is 55.2 Å². The van der Waals surface area contributed by atoms with Gasteiger partial charge in [0.25, 0.3) is 5.56 Å². The molecule has 1 fully saturated rings. The number of aromatic nitrogens is 2. The molecule has 0 unspecified atom stereocenters. The third-order valence-electron chi connectivity index (χ3n) is 4.48. The number of hydrogen-bond donors (Lipinski definition) is 0. The Balaban J connectivity index is 1.72. The van der Waals surface area contributed by atoms with Crippen molar-refractivity contribution in [2.75, 3.05) is 18.8 Å². The van der Waals surface area contributed by atoms with Crippen molar-refractivity contribution in [3.63, 3.8) is 0 Å². The maximum atomic E-state index is 12.5. The highest BCUT2D eigenvalue weighted by atomic mass is 32.2. The van der Waals surface area contributed by atoms with Crippen LogP contribution in [-0.4, -0.2) is 39.2 Å². The zero-order valence-corrected chi connectivity index (χ0v) is 14.8. The zero-order chi connectivity index (χ0) is 16.9. The molecule has 1 aliphatic rings. The third-order valence-corrected chi connectivity index (χ3v) is 5.49. The maximum absolute atomic E-state index is 12.5. The molecule has 2 heterocycles. The molecule has 1 aromatic carbocycles. The van der Waals surface area contributed by atoms with Gasteiger partial charge in [-0.3, -0.25) is 14.2 Å². The Bertz CT molecular complexity index is 779. The van der Waals surface area contributed by atoms with Crippen LogP contribution in [0.3, 0.4) is 0 Å². The van der Waals surface area contributed by atoms with Crippen LogP contribution in [0.15, 0.2) is 34.2 Å². The molecule has 6 heteroatoms. The van der Waals surface area contributed by atoms with Crippen molar-refractivity contribution in [3.8, 4) is 0 Å². The highest BCUT2D eigenvalue weighted by Crippen LogP contribution is 2.18. The fourth-order valence-electron chi connectivity index (χ4n) is 3.04. The molecule has 2 aromatic rings. The van der Waals surface area contributed by atoms with Crippen molar-refractivity contribution in [1.82, 2.24) is 14.5 Å². The van der Waals surface area contributed by atoms with E-state index >= 15 is 0 Å². The van der Waals surface area contributed by atoms with Crippen molar-refractivity contribution in [2.24, 2.45) is 7.05 Å². The Morgan fingerprint density at radius 3 is 2.54 bits per heavy atom. The van der Waals surface area contributed by atoms with Gasteiger partial charge in [0, 0.05) is 20.1 Å². The first-order valence-corrected chi connectivity index (χ1v) is 9.52. The second-order valence-electron chi connectivity index (χ2n) is 6.21. The molecule has 1 saturated heterocycles. The van der Waals surface area contributed by atoms with Crippen LogP contribution < -0.4 is 5.56 Å². The lowest BCUT2D eigenvalue weighted by Crippen LogP contribution is -2.35. The van der Waals surface area contributed by atoms with Crippen molar-refractivity contribution in [3.05, 3.63) is 34.6 Å². The molecule has 0 bridgehead atoms. The molecule has 128 valence electrons. The van der Waals surface area contributed by atoms with E-state index in [1.165, 1.54) is 35.6 Å². The molecular weight excluding hydrogens is 322 g/mol. The quantitative estimate of drug-likeness (QED) is 0.634. The highest BCUT2D eigenvalue weighted by molar-refractivity contribution is 7.99. The summed E-state index contributed by atoms with van der Waals surface area (Å²) >= 11 is 1.35. The van der Waals surface area contributed by atoms with Crippen LogP contribution in [0.4, 0.5) is 0 Å². The number of para-hydroxylation sites is 1. The summed E-state index contributed by atoms with van der Waals surface area (Å²) in [6.07, 6.45) is 5.86. The highest BCUT2D eigenvalue weighted by Gasteiger charge is 2.16. The lowest BCUT2D eigenvalue weighted by molar-refractivity contribution is -0.128. The predicted octanol–water partition coefficient (Wildman–Crippen LogP) is 2.82. The first-order chi connectivity index (χ1) is 11.7. The molecule has 1 amide bonds. The predicted molar refractivity (Wildman–Crippen MR) is 97.4 cm³/mol. The average molecular weight is 345 g/mol. The van der Waals surface area contributed by atoms with Crippen LogP contribution >= 0.6 is 11.8 Å². The van der Waals surface area contributed by atoms with E-state index in [2.05, 4.69) is 4.98 Å². The fraction of sp³-hybridized carbons (Fsp3) is 0.500. The number of carbonyl (C=O) groups excluding carboxylic acids is 1. The first-order valence-electron chi connectivity index (χ1n) is 8.53. The fourth-order valence-corrected chi connectivity index (χ4v) is 3.92. The smallest absolute Gasteiger partial charge is 0.261 e. The molecule has 3 rings (SSSR count). The minimum atomic E-state index is -0.0678. The van der Waals surface area contributed by atoms with Gasteiger partial charge in [-0.1, -0.05) is 43.2 Å². The second kappa shape index (κ2) is 7.83. The number of likely N-dealkylation sites (tertiary alicyclic amines) is 1. The first kappa shape index (κ1) is 17.0. The molecular formula is C18H23N3O2S. The largest absolute Gasteiger partial charge is 0.342 e. The monoisotopic (exact) mass is 345 g/mol. The van der Waals surface area contributed by atoms with Gasteiger partial charge >= 0.3 is 0 Å². The van der Waals surface area contributed by atoms with E-state index in [1.54, 1.807) is 13.1 Å². The van der Waals surface area contributed by atoms with Crippen molar-refractivity contribution in [1.29, 1.82) is 0 Å². The van der Waals surface area contributed by atoms with E-state index in [0.29, 0.717) is 21.8 Å². The van der Waals surface area contributed by atoms with Crippen LogP contribution in [0.5, 0.6) is 0 Å². The Kier molecular flexibility index (Phi) is 5.56. The van der Waals surface area contributed by atoms with E-state index in [0.717, 1.165) is 25.9 Å². The van der Waals surface area contributed by atoms with Gasteiger partial charge < -0.3 is 4.90 Å². The molecule has 1 aliphatic heterocycles. The Morgan fingerprint density at radius 2 is 1.79 bits per heavy atom. The molecule has 1 aromatic heterocycles. The van der Waals surface area contributed by atoms with Crippen molar-refractivity contribution >= 4 is 28.6 Å². The Morgan fingerprint density at radius 1 is 1.12 bits per heavy atom. The molecule has 0 saturated carbocycles. The summed E-state index contributed by atoms with van der Waals surface area (Å²) in [5, 5.41) is 1.21. The lowest BCUT2D eigenvalue weighted by Gasteiger charge is -2.24. The number of amides is 1. The summed E-state index contributed by atoms with van der Waals surface area (Å²) in [6, 6.07) is 7.32. The molecule has 0 radical (unpaired) electrons. The van der Waals surface area contributed by atoms with Gasteiger partial charge in [-0.2, -0.15) is 0 Å². The number of fused-ring (bicyclic) bond motifs is 1. The van der Waals surface area contributed by atoms with E-state index in [-0.39, 0.29) is 11.5 Å². The zero-order valence-electron chi connectivity index (χ0n) is 14.0. The van der Waals surface area contributed by atoms with Gasteiger partial charge in [0.15, 0.2) is 5.16 Å². The summed E-state index contributed by atoms with van der Waals surface area (Å²) in [6.45, 7) is 1.70. The number of carbonyl (C=O) groups is 1. The van der Waals surface area contributed by atoms with Gasteiger partial charge in [-0.25, -0.2) is 4.98 Å². The van der Waals surface area contributed by atoms with Crippen molar-refractivity contribution in [2.45, 2.75) is 37.3 Å². The van der Waals surface area contributed by atoms with Crippen LogP contribution in [0, 0.1) is 0 Å². The van der Waals surface area contributed by atoms with Crippen LogP contribution in [0.25, 0.3) is 10.9 Å². The second-order valence-corrected chi connectivity index (χ2v) is 7.16. The van der Waals surface area contributed by atoms with E-state index < -0.39 is 0 Å². The van der Waals surface area contributed by atoms with E-state index in [9.17, 15) is 9.59 Å². The Labute approximate surface area is 146 Å².